The molecule has 3 aromatic rings. The molecular formula is C29H33FN2O. The largest absolute Gasteiger partial charge is 0.336 e. The van der Waals surface area contributed by atoms with E-state index in [1.54, 1.807) is 6.07 Å². The molecule has 4 heteroatoms. The van der Waals surface area contributed by atoms with Crippen LogP contribution in [0.5, 0.6) is 0 Å². The zero-order valence-electron chi connectivity index (χ0n) is 19.7. The van der Waals surface area contributed by atoms with E-state index in [2.05, 4.69) is 49.9 Å². The SMILES string of the molecule is Cc1ccccc1[C@H]1CN(Cc2ccccc2F)C[C@@H]1CN(C(=O)c1ccccc1)C(C)C. The summed E-state index contributed by atoms with van der Waals surface area (Å²) < 4.78 is 14.4. The number of rotatable bonds is 7. The summed E-state index contributed by atoms with van der Waals surface area (Å²) >= 11 is 0. The van der Waals surface area contributed by atoms with Crippen molar-refractivity contribution in [2.45, 2.75) is 39.3 Å². The van der Waals surface area contributed by atoms with Gasteiger partial charge in [-0.05, 0) is 56.0 Å². The summed E-state index contributed by atoms with van der Waals surface area (Å²) in [6, 6.07) is 25.2. The van der Waals surface area contributed by atoms with Crippen LogP contribution in [0.1, 0.15) is 46.8 Å². The second kappa shape index (κ2) is 10.3. The van der Waals surface area contributed by atoms with Gasteiger partial charge < -0.3 is 4.90 Å². The standard InChI is InChI=1S/C29H33FN2O/c1-21(2)32(29(33)23-12-5-4-6-13-23)19-25-18-31(17-24-14-8-10-16-28(24)30)20-27(25)26-15-9-7-11-22(26)3/h4-16,21,25,27H,17-20H2,1-3H3/t25-,27+/m1/s1. The lowest BCUT2D eigenvalue weighted by molar-refractivity contribution is 0.0668. The number of nitrogens with zero attached hydrogens (tertiary/aromatic N) is 2. The second-order valence-electron chi connectivity index (χ2n) is 9.43. The van der Waals surface area contributed by atoms with E-state index in [0.717, 1.165) is 24.2 Å². The minimum atomic E-state index is -0.156. The molecule has 0 aromatic heterocycles. The molecule has 1 amide bonds. The van der Waals surface area contributed by atoms with Crippen molar-refractivity contribution in [2.75, 3.05) is 19.6 Å². The van der Waals surface area contributed by atoms with Gasteiger partial charge in [-0.2, -0.15) is 0 Å². The maximum Gasteiger partial charge on any atom is 0.254 e. The molecule has 0 bridgehead atoms. The van der Waals surface area contributed by atoms with E-state index >= 15 is 0 Å². The first-order valence-corrected chi connectivity index (χ1v) is 11.8. The summed E-state index contributed by atoms with van der Waals surface area (Å²) in [4.78, 5) is 17.7. The molecule has 0 spiro atoms. The zero-order valence-corrected chi connectivity index (χ0v) is 19.7. The molecule has 1 aliphatic rings. The van der Waals surface area contributed by atoms with Crippen molar-refractivity contribution in [1.29, 1.82) is 0 Å². The number of hydrogen-bond donors (Lipinski definition) is 0. The number of halogens is 1. The molecule has 0 N–H and O–H groups in total. The first-order valence-electron chi connectivity index (χ1n) is 11.8. The fourth-order valence-electron chi connectivity index (χ4n) is 5.02. The minimum absolute atomic E-state index is 0.0710. The van der Waals surface area contributed by atoms with Gasteiger partial charge in [-0.15, -0.1) is 0 Å². The van der Waals surface area contributed by atoms with Crippen molar-refractivity contribution >= 4 is 5.91 Å². The zero-order chi connectivity index (χ0) is 23.4. The van der Waals surface area contributed by atoms with E-state index in [4.69, 9.17) is 0 Å². The van der Waals surface area contributed by atoms with Crippen molar-refractivity contribution in [1.82, 2.24) is 9.80 Å². The van der Waals surface area contributed by atoms with E-state index < -0.39 is 0 Å². The fraction of sp³-hybridized carbons (Fsp3) is 0.345. The summed E-state index contributed by atoms with van der Waals surface area (Å²) in [5.74, 6) is 0.480. The average Bonchev–Trinajstić information content (AvgIpc) is 3.21. The molecular weight excluding hydrogens is 411 g/mol. The van der Waals surface area contributed by atoms with Gasteiger partial charge in [-0.25, -0.2) is 4.39 Å². The highest BCUT2D eigenvalue weighted by atomic mass is 19.1. The molecule has 33 heavy (non-hydrogen) atoms. The fourth-order valence-corrected chi connectivity index (χ4v) is 5.02. The third-order valence-corrected chi connectivity index (χ3v) is 6.79. The van der Waals surface area contributed by atoms with Crippen LogP contribution in [0, 0.1) is 18.7 Å². The van der Waals surface area contributed by atoms with Crippen LogP contribution in [0.4, 0.5) is 4.39 Å². The molecule has 1 saturated heterocycles. The third kappa shape index (κ3) is 5.33. The van der Waals surface area contributed by atoms with Crippen molar-refractivity contribution in [2.24, 2.45) is 5.92 Å². The quantitative estimate of drug-likeness (QED) is 0.453. The van der Waals surface area contributed by atoms with Crippen molar-refractivity contribution in [3.63, 3.8) is 0 Å². The maximum absolute atomic E-state index is 14.4. The molecule has 1 heterocycles. The van der Waals surface area contributed by atoms with Gasteiger partial charge in [0.05, 0.1) is 0 Å². The van der Waals surface area contributed by atoms with Gasteiger partial charge in [0.25, 0.3) is 5.91 Å². The summed E-state index contributed by atoms with van der Waals surface area (Å²) in [7, 11) is 0. The number of benzene rings is 3. The number of hydrogen-bond acceptors (Lipinski definition) is 2. The van der Waals surface area contributed by atoms with Crippen LogP contribution in [0.2, 0.25) is 0 Å². The highest BCUT2D eigenvalue weighted by Gasteiger charge is 2.37. The summed E-state index contributed by atoms with van der Waals surface area (Å²) in [6.45, 7) is 9.26. The molecule has 4 rings (SSSR count). The van der Waals surface area contributed by atoms with Crippen LogP contribution in [0.3, 0.4) is 0 Å². The molecule has 0 saturated carbocycles. The van der Waals surface area contributed by atoms with Gasteiger partial charge in [0.2, 0.25) is 0 Å². The molecule has 3 aromatic carbocycles. The molecule has 1 aliphatic heterocycles. The van der Waals surface area contributed by atoms with Crippen LogP contribution < -0.4 is 0 Å². The molecule has 0 unspecified atom stereocenters. The maximum atomic E-state index is 14.4. The predicted octanol–water partition coefficient (Wildman–Crippen LogP) is 5.90. The second-order valence-corrected chi connectivity index (χ2v) is 9.43. The van der Waals surface area contributed by atoms with Gasteiger partial charge in [-0.3, -0.25) is 9.69 Å². The van der Waals surface area contributed by atoms with Crippen LogP contribution in [-0.4, -0.2) is 41.4 Å². The van der Waals surface area contributed by atoms with E-state index in [9.17, 15) is 9.18 Å². The minimum Gasteiger partial charge on any atom is -0.336 e. The van der Waals surface area contributed by atoms with E-state index in [1.165, 1.54) is 17.2 Å². The Morgan fingerprint density at radius 2 is 1.64 bits per heavy atom. The Kier molecular flexibility index (Phi) is 7.24. The lowest BCUT2D eigenvalue weighted by Crippen LogP contribution is -2.42. The Morgan fingerprint density at radius 3 is 2.33 bits per heavy atom. The Bertz CT molecular complexity index is 1080. The first kappa shape index (κ1) is 23.2. The predicted molar refractivity (Wildman–Crippen MR) is 132 cm³/mol. The number of carbonyl (C=O) groups excluding carboxylic acids is 1. The van der Waals surface area contributed by atoms with Crippen molar-refractivity contribution in [3.05, 3.63) is 107 Å². The normalized spacial score (nSPS) is 18.6. The molecule has 172 valence electrons. The van der Waals surface area contributed by atoms with Gasteiger partial charge in [0.1, 0.15) is 5.82 Å². The van der Waals surface area contributed by atoms with Crippen LogP contribution in [0.25, 0.3) is 0 Å². The summed E-state index contributed by atoms with van der Waals surface area (Å²) in [5.41, 5.74) is 4.04. The van der Waals surface area contributed by atoms with E-state index in [1.807, 2.05) is 47.4 Å². The Morgan fingerprint density at radius 1 is 0.970 bits per heavy atom. The number of carbonyl (C=O) groups is 1. The van der Waals surface area contributed by atoms with E-state index in [-0.39, 0.29) is 23.7 Å². The van der Waals surface area contributed by atoms with Gasteiger partial charge in [-0.1, -0.05) is 60.7 Å². The van der Waals surface area contributed by atoms with Crippen LogP contribution >= 0.6 is 0 Å². The Hall–Kier alpha value is -2.98. The smallest absolute Gasteiger partial charge is 0.254 e. The molecule has 2 atom stereocenters. The number of aryl methyl sites for hydroxylation is 1. The average molecular weight is 445 g/mol. The van der Waals surface area contributed by atoms with Crippen LogP contribution in [0.15, 0.2) is 78.9 Å². The molecule has 3 nitrogen and oxygen atoms in total. The van der Waals surface area contributed by atoms with Gasteiger partial charge in [0.15, 0.2) is 0 Å². The number of amides is 1. The topological polar surface area (TPSA) is 23.6 Å². The molecule has 0 radical (unpaired) electrons. The van der Waals surface area contributed by atoms with Gasteiger partial charge in [0, 0.05) is 49.3 Å². The third-order valence-electron chi connectivity index (χ3n) is 6.79. The number of likely N-dealkylation sites (tertiary alicyclic amines) is 1. The first-order chi connectivity index (χ1) is 15.9. The highest BCUT2D eigenvalue weighted by molar-refractivity contribution is 5.94. The van der Waals surface area contributed by atoms with Crippen molar-refractivity contribution < 1.29 is 9.18 Å². The monoisotopic (exact) mass is 444 g/mol. The highest BCUT2D eigenvalue weighted by Crippen LogP contribution is 2.36. The van der Waals surface area contributed by atoms with Crippen LogP contribution in [-0.2, 0) is 6.54 Å². The van der Waals surface area contributed by atoms with E-state index in [0.29, 0.717) is 19.0 Å². The summed E-state index contributed by atoms with van der Waals surface area (Å²) in [5, 5.41) is 0. The lowest BCUT2D eigenvalue weighted by Gasteiger charge is -2.32. The van der Waals surface area contributed by atoms with Gasteiger partial charge >= 0.3 is 0 Å². The lowest BCUT2D eigenvalue weighted by atomic mass is 9.86. The molecule has 1 fully saturated rings. The molecule has 0 aliphatic carbocycles. The van der Waals surface area contributed by atoms with Crippen molar-refractivity contribution in [3.8, 4) is 0 Å². The summed E-state index contributed by atoms with van der Waals surface area (Å²) in [6.07, 6.45) is 0. The Labute approximate surface area is 196 Å². The Balaban J connectivity index is 1.60.